The number of nitrogens with zero attached hydrogens (tertiary/aromatic N) is 2. The van der Waals surface area contributed by atoms with Crippen LogP contribution >= 0.6 is 11.8 Å². The minimum absolute atomic E-state index is 0.00757. The Morgan fingerprint density at radius 1 is 1.38 bits per heavy atom. The van der Waals surface area contributed by atoms with Crippen LogP contribution in [0.15, 0.2) is 10.6 Å². The van der Waals surface area contributed by atoms with E-state index in [4.69, 9.17) is 0 Å². The van der Waals surface area contributed by atoms with Crippen LogP contribution in [0.2, 0.25) is 0 Å². The summed E-state index contributed by atoms with van der Waals surface area (Å²) in [5.74, 6) is -2.14. The zero-order chi connectivity index (χ0) is 19.3. The van der Waals surface area contributed by atoms with E-state index in [1.165, 1.54) is 16.7 Å². The number of nitrogens with one attached hydrogen (secondary N) is 1. The Hall–Kier alpha value is -1.58. The Morgan fingerprint density at radius 2 is 2.04 bits per heavy atom. The maximum absolute atomic E-state index is 12.3. The summed E-state index contributed by atoms with van der Waals surface area (Å²) in [7, 11) is 3.42. The SMILES string of the molecule is C[C@@H](O)[C@@H]1C(=O)N2C(C(=O)O)=C(S[C@@H]3CN[C@H](C(=O)N(C)C)C3)[C@H](C)[C@H]12. The number of likely N-dealkylation sites (N-methyl/N-ethyl adjacent to an activating group) is 1. The smallest absolute Gasteiger partial charge is 0.353 e. The summed E-state index contributed by atoms with van der Waals surface area (Å²) in [6.07, 6.45) is -0.190. The summed E-state index contributed by atoms with van der Waals surface area (Å²) in [5.41, 5.74) is 0.0387. The molecule has 2 saturated heterocycles. The highest BCUT2D eigenvalue weighted by atomic mass is 32.2. The number of hydrogen-bond acceptors (Lipinski definition) is 6. The standard InChI is InChI=1S/C17H25N3O5S/c1-7-12-11(8(2)21)16(23)20(12)13(17(24)25)14(7)26-9-5-10(18-6-9)15(22)19(3)4/h7-12,18,21H,5-6H2,1-4H3,(H,24,25)/t7-,8-,9+,10+,11+,12-/m1/s1. The highest BCUT2D eigenvalue weighted by Crippen LogP contribution is 2.51. The second-order valence-electron chi connectivity index (χ2n) is 7.44. The summed E-state index contributed by atoms with van der Waals surface area (Å²) in [5, 5.41) is 22.8. The third kappa shape index (κ3) is 2.91. The summed E-state index contributed by atoms with van der Waals surface area (Å²) >= 11 is 1.45. The molecule has 3 N–H and O–H groups in total. The summed E-state index contributed by atoms with van der Waals surface area (Å²) in [6, 6.07) is -0.568. The van der Waals surface area contributed by atoms with Gasteiger partial charge in [0.1, 0.15) is 5.70 Å². The first-order valence-electron chi connectivity index (χ1n) is 8.75. The van der Waals surface area contributed by atoms with Crippen molar-refractivity contribution in [3.05, 3.63) is 10.6 Å². The van der Waals surface area contributed by atoms with E-state index >= 15 is 0 Å². The molecule has 3 aliphatic heterocycles. The number of β-lactam (4-membered cyclic amide) rings is 1. The molecule has 0 radical (unpaired) electrons. The Morgan fingerprint density at radius 3 is 2.58 bits per heavy atom. The van der Waals surface area contributed by atoms with E-state index < -0.39 is 18.0 Å². The van der Waals surface area contributed by atoms with Crippen LogP contribution in [0.3, 0.4) is 0 Å². The fraction of sp³-hybridized carbons (Fsp3) is 0.706. The predicted octanol–water partition coefficient (Wildman–Crippen LogP) is -0.308. The second kappa shape index (κ2) is 6.86. The molecule has 144 valence electrons. The molecule has 0 aromatic rings. The lowest BCUT2D eigenvalue weighted by molar-refractivity contribution is -0.163. The molecule has 0 aliphatic carbocycles. The minimum Gasteiger partial charge on any atom is -0.477 e. The zero-order valence-electron chi connectivity index (χ0n) is 15.3. The lowest BCUT2D eigenvalue weighted by Crippen LogP contribution is -2.63. The molecule has 0 saturated carbocycles. The topological polar surface area (TPSA) is 110 Å². The Kier molecular flexibility index (Phi) is 5.06. The Bertz CT molecular complexity index is 677. The van der Waals surface area contributed by atoms with Gasteiger partial charge in [-0.3, -0.25) is 9.59 Å². The number of fused-ring (bicyclic) bond motifs is 1. The van der Waals surface area contributed by atoms with E-state index in [0.29, 0.717) is 17.9 Å². The molecule has 9 heteroatoms. The molecule has 0 aromatic heterocycles. The number of amides is 2. The number of carboxylic acid groups (broad SMARTS) is 1. The number of aliphatic hydroxyl groups excluding tert-OH is 1. The van der Waals surface area contributed by atoms with Gasteiger partial charge >= 0.3 is 5.97 Å². The molecule has 0 aromatic carbocycles. The molecule has 3 aliphatic rings. The van der Waals surface area contributed by atoms with Crippen molar-refractivity contribution in [3.63, 3.8) is 0 Å². The molecule has 6 atom stereocenters. The molecule has 0 spiro atoms. The quantitative estimate of drug-likeness (QED) is 0.559. The molecule has 26 heavy (non-hydrogen) atoms. The van der Waals surface area contributed by atoms with Gasteiger partial charge in [0.05, 0.1) is 24.1 Å². The lowest BCUT2D eigenvalue weighted by Gasteiger charge is -2.46. The molecular weight excluding hydrogens is 358 g/mol. The number of hydrogen-bond donors (Lipinski definition) is 3. The number of thioether (sulfide) groups is 1. The molecule has 0 bridgehead atoms. The van der Waals surface area contributed by atoms with Crippen molar-refractivity contribution < 1.29 is 24.6 Å². The third-order valence-corrected chi connectivity index (χ3v) is 6.95. The van der Waals surface area contributed by atoms with Gasteiger partial charge in [-0.1, -0.05) is 6.92 Å². The van der Waals surface area contributed by atoms with Gasteiger partial charge in [0.25, 0.3) is 0 Å². The zero-order valence-corrected chi connectivity index (χ0v) is 16.1. The van der Waals surface area contributed by atoms with Gasteiger partial charge in [-0.25, -0.2) is 4.79 Å². The maximum atomic E-state index is 12.3. The van der Waals surface area contributed by atoms with Gasteiger partial charge in [0, 0.05) is 36.7 Å². The van der Waals surface area contributed by atoms with Crippen molar-refractivity contribution >= 4 is 29.5 Å². The average molecular weight is 383 g/mol. The summed E-state index contributed by atoms with van der Waals surface area (Å²) in [6.45, 7) is 4.08. The second-order valence-corrected chi connectivity index (χ2v) is 8.78. The van der Waals surface area contributed by atoms with E-state index in [0.717, 1.165) is 0 Å². The fourth-order valence-electron chi connectivity index (χ4n) is 4.15. The summed E-state index contributed by atoms with van der Waals surface area (Å²) < 4.78 is 0. The van der Waals surface area contributed by atoms with Gasteiger partial charge in [-0.2, -0.15) is 0 Å². The van der Waals surface area contributed by atoms with Gasteiger partial charge in [-0.15, -0.1) is 11.8 Å². The molecule has 2 fully saturated rings. The molecule has 3 rings (SSSR count). The van der Waals surface area contributed by atoms with Crippen LogP contribution < -0.4 is 5.32 Å². The number of aliphatic hydroxyl groups is 1. The van der Waals surface area contributed by atoms with Crippen LogP contribution in [0.1, 0.15) is 20.3 Å². The van der Waals surface area contributed by atoms with Gasteiger partial charge in [-0.05, 0) is 13.3 Å². The van der Waals surface area contributed by atoms with Gasteiger partial charge in [0.2, 0.25) is 11.8 Å². The van der Waals surface area contributed by atoms with Crippen LogP contribution in [0, 0.1) is 11.8 Å². The van der Waals surface area contributed by atoms with Crippen LogP contribution in [-0.4, -0.2) is 81.9 Å². The number of carbonyl (C=O) groups is 3. The largest absolute Gasteiger partial charge is 0.477 e. The first-order chi connectivity index (χ1) is 12.1. The number of carbonyl (C=O) groups excluding carboxylic acids is 2. The monoisotopic (exact) mass is 383 g/mol. The van der Waals surface area contributed by atoms with E-state index in [2.05, 4.69) is 5.32 Å². The number of carboxylic acids is 1. The van der Waals surface area contributed by atoms with Crippen molar-refractivity contribution in [1.82, 2.24) is 15.1 Å². The fourth-order valence-corrected chi connectivity index (χ4v) is 5.63. The molecule has 8 nitrogen and oxygen atoms in total. The van der Waals surface area contributed by atoms with Crippen LogP contribution in [0.5, 0.6) is 0 Å². The highest BCUT2D eigenvalue weighted by Gasteiger charge is 2.60. The first-order valence-corrected chi connectivity index (χ1v) is 9.62. The highest BCUT2D eigenvalue weighted by molar-refractivity contribution is 8.03. The van der Waals surface area contributed by atoms with Crippen molar-refractivity contribution in [2.45, 2.75) is 43.7 Å². The number of aliphatic carboxylic acids is 1. The molecule has 2 amide bonds. The average Bonchev–Trinajstić information content (AvgIpc) is 3.09. The first kappa shape index (κ1) is 19.2. The van der Waals surface area contributed by atoms with E-state index in [1.807, 2.05) is 6.92 Å². The number of rotatable bonds is 5. The molecule has 0 unspecified atom stereocenters. The van der Waals surface area contributed by atoms with E-state index in [9.17, 15) is 24.6 Å². The van der Waals surface area contributed by atoms with Gasteiger partial charge < -0.3 is 25.3 Å². The summed E-state index contributed by atoms with van der Waals surface area (Å²) in [4.78, 5) is 39.8. The van der Waals surface area contributed by atoms with Crippen LogP contribution in [0.4, 0.5) is 0 Å². The molecule has 3 heterocycles. The lowest BCUT2D eigenvalue weighted by atomic mass is 9.79. The van der Waals surface area contributed by atoms with Crippen molar-refractivity contribution in [2.75, 3.05) is 20.6 Å². The van der Waals surface area contributed by atoms with E-state index in [-0.39, 0.29) is 40.8 Å². The van der Waals surface area contributed by atoms with Gasteiger partial charge in [0.15, 0.2) is 0 Å². The van der Waals surface area contributed by atoms with Crippen molar-refractivity contribution in [2.24, 2.45) is 11.8 Å². The van der Waals surface area contributed by atoms with E-state index in [1.54, 1.807) is 25.9 Å². The van der Waals surface area contributed by atoms with Crippen molar-refractivity contribution in [3.8, 4) is 0 Å². The molecular formula is C17H25N3O5S. The predicted molar refractivity (Wildman–Crippen MR) is 96.1 cm³/mol. The van der Waals surface area contributed by atoms with Crippen LogP contribution in [0.25, 0.3) is 0 Å². The van der Waals surface area contributed by atoms with Crippen LogP contribution in [-0.2, 0) is 14.4 Å². The minimum atomic E-state index is -1.12. The Balaban J connectivity index is 1.78. The third-order valence-electron chi connectivity index (χ3n) is 5.43. The van der Waals surface area contributed by atoms with Crippen molar-refractivity contribution in [1.29, 1.82) is 0 Å². The maximum Gasteiger partial charge on any atom is 0.353 e. The Labute approximate surface area is 156 Å². The normalized spacial score (nSPS) is 34.6.